The first kappa shape index (κ1) is 10.1. The molecule has 1 rings (SSSR count). The van der Waals surface area contributed by atoms with Gasteiger partial charge in [0.15, 0.2) is 5.16 Å². The topological polar surface area (TPSA) is 54.5 Å². The van der Waals surface area contributed by atoms with Gasteiger partial charge in [-0.15, -0.1) is 10.2 Å². The number of aryl methyl sites for hydroxylation is 1. The first-order valence-electron chi connectivity index (χ1n) is 4.15. The maximum Gasteiger partial charge on any atom is 0.192 e. The van der Waals surface area contributed by atoms with E-state index in [2.05, 4.69) is 16.3 Å². The molecule has 1 atom stereocenters. The van der Waals surface area contributed by atoms with E-state index in [1.807, 2.05) is 25.3 Å². The van der Waals surface area contributed by atoms with E-state index in [0.29, 0.717) is 0 Å². The molecule has 0 aromatic carbocycles. The third-order valence-corrected chi connectivity index (χ3v) is 2.65. The van der Waals surface area contributed by atoms with Crippen molar-refractivity contribution in [3.05, 3.63) is 5.82 Å². The van der Waals surface area contributed by atoms with Crippen LogP contribution in [0.5, 0.6) is 0 Å². The van der Waals surface area contributed by atoms with Gasteiger partial charge in [-0.1, -0.05) is 11.8 Å². The Bertz CT molecular complexity index is 325. The van der Waals surface area contributed by atoms with Crippen LogP contribution in [-0.2, 0) is 6.54 Å². The second kappa shape index (κ2) is 4.28. The Morgan fingerprint density at radius 1 is 1.62 bits per heavy atom. The highest BCUT2D eigenvalue weighted by Gasteiger charge is 2.10. The first-order chi connectivity index (χ1) is 6.19. The van der Waals surface area contributed by atoms with Crippen LogP contribution in [0.4, 0.5) is 0 Å². The zero-order valence-electron chi connectivity index (χ0n) is 7.98. The molecule has 1 aromatic heterocycles. The molecular weight excluding hydrogens is 184 g/mol. The lowest BCUT2D eigenvalue weighted by Crippen LogP contribution is -2.01. The van der Waals surface area contributed by atoms with Crippen LogP contribution in [0.25, 0.3) is 0 Å². The van der Waals surface area contributed by atoms with Gasteiger partial charge in [0.25, 0.3) is 0 Å². The van der Waals surface area contributed by atoms with Crippen LogP contribution in [0.1, 0.15) is 19.7 Å². The molecule has 1 aromatic rings. The summed E-state index contributed by atoms with van der Waals surface area (Å²) in [6, 6.07) is 2.16. The van der Waals surface area contributed by atoms with Crippen molar-refractivity contribution in [3.63, 3.8) is 0 Å². The SMILES string of the molecule is CCn1c(C)nnc1SC(C)C#N. The summed E-state index contributed by atoms with van der Waals surface area (Å²) in [6.07, 6.45) is 0. The summed E-state index contributed by atoms with van der Waals surface area (Å²) in [7, 11) is 0. The van der Waals surface area contributed by atoms with Crippen LogP contribution in [0.3, 0.4) is 0 Å². The molecule has 0 aliphatic rings. The van der Waals surface area contributed by atoms with Crippen LogP contribution in [-0.4, -0.2) is 20.0 Å². The van der Waals surface area contributed by atoms with Crippen LogP contribution in [0, 0.1) is 18.3 Å². The van der Waals surface area contributed by atoms with Crippen molar-refractivity contribution in [2.24, 2.45) is 0 Å². The normalized spacial score (nSPS) is 12.5. The number of rotatable bonds is 3. The number of nitriles is 1. The molecule has 0 amide bonds. The second-order valence-corrected chi connectivity index (χ2v) is 3.97. The molecule has 70 valence electrons. The van der Waals surface area contributed by atoms with Gasteiger partial charge in [-0.2, -0.15) is 5.26 Å². The number of aromatic nitrogens is 3. The summed E-state index contributed by atoms with van der Waals surface area (Å²) in [4.78, 5) is 0. The van der Waals surface area contributed by atoms with E-state index in [4.69, 9.17) is 5.26 Å². The lowest BCUT2D eigenvalue weighted by molar-refractivity contribution is 0.661. The van der Waals surface area contributed by atoms with Gasteiger partial charge < -0.3 is 4.57 Å². The van der Waals surface area contributed by atoms with Crippen LogP contribution >= 0.6 is 11.8 Å². The van der Waals surface area contributed by atoms with Gasteiger partial charge >= 0.3 is 0 Å². The molecule has 0 aliphatic heterocycles. The molecule has 13 heavy (non-hydrogen) atoms. The average Bonchev–Trinajstić information content (AvgIpc) is 2.46. The summed E-state index contributed by atoms with van der Waals surface area (Å²) in [5, 5.41) is 17.3. The molecule has 4 nitrogen and oxygen atoms in total. The van der Waals surface area contributed by atoms with Crippen molar-refractivity contribution in [2.45, 2.75) is 37.7 Å². The van der Waals surface area contributed by atoms with Crippen molar-refractivity contribution >= 4 is 11.8 Å². The highest BCUT2D eigenvalue weighted by atomic mass is 32.2. The fourth-order valence-electron chi connectivity index (χ4n) is 0.997. The molecule has 0 saturated heterocycles. The smallest absolute Gasteiger partial charge is 0.192 e. The minimum absolute atomic E-state index is 0.0751. The zero-order chi connectivity index (χ0) is 9.84. The van der Waals surface area contributed by atoms with Crippen LogP contribution in [0.2, 0.25) is 0 Å². The van der Waals surface area contributed by atoms with Gasteiger partial charge in [0.2, 0.25) is 0 Å². The van der Waals surface area contributed by atoms with E-state index in [1.54, 1.807) is 0 Å². The molecule has 0 bridgehead atoms. The van der Waals surface area contributed by atoms with Gasteiger partial charge in [-0.3, -0.25) is 0 Å². The maximum atomic E-state index is 8.64. The van der Waals surface area contributed by atoms with Crippen molar-refractivity contribution in [1.82, 2.24) is 14.8 Å². The molecule has 0 aliphatic carbocycles. The lowest BCUT2D eigenvalue weighted by Gasteiger charge is -2.04. The third-order valence-electron chi connectivity index (χ3n) is 1.68. The van der Waals surface area contributed by atoms with E-state index in [1.165, 1.54) is 11.8 Å². The van der Waals surface area contributed by atoms with Gasteiger partial charge in [0.1, 0.15) is 5.82 Å². The average molecular weight is 196 g/mol. The van der Waals surface area contributed by atoms with Gasteiger partial charge in [0, 0.05) is 6.54 Å². The van der Waals surface area contributed by atoms with Crippen molar-refractivity contribution in [1.29, 1.82) is 5.26 Å². The Kier molecular flexibility index (Phi) is 3.32. The minimum atomic E-state index is -0.0751. The minimum Gasteiger partial charge on any atom is -0.307 e. The van der Waals surface area contributed by atoms with Crippen molar-refractivity contribution in [2.75, 3.05) is 0 Å². The molecule has 0 spiro atoms. The highest BCUT2D eigenvalue weighted by Crippen LogP contribution is 2.21. The molecule has 0 radical (unpaired) electrons. The Labute approximate surface area is 82.0 Å². The number of nitrogens with zero attached hydrogens (tertiary/aromatic N) is 4. The molecule has 1 heterocycles. The number of thioether (sulfide) groups is 1. The van der Waals surface area contributed by atoms with Crippen LogP contribution < -0.4 is 0 Å². The van der Waals surface area contributed by atoms with Crippen molar-refractivity contribution in [3.8, 4) is 6.07 Å². The zero-order valence-corrected chi connectivity index (χ0v) is 8.80. The molecule has 0 N–H and O–H groups in total. The summed E-state index contributed by atoms with van der Waals surface area (Å²) in [5.74, 6) is 0.898. The Hall–Kier alpha value is -1.02. The largest absolute Gasteiger partial charge is 0.307 e. The molecule has 5 heteroatoms. The lowest BCUT2D eigenvalue weighted by atomic mass is 10.5. The monoisotopic (exact) mass is 196 g/mol. The predicted molar refractivity (Wildman–Crippen MR) is 51.4 cm³/mol. The standard InChI is InChI=1S/C8H12N4S/c1-4-12-7(3)10-11-8(12)13-6(2)5-9/h6H,4H2,1-3H3. The Morgan fingerprint density at radius 3 is 2.85 bits per heavy atom. The highest BCUT2D eigenvalue weighted by molar-refractivity contribution is 8.00. The fraction of sp³-hybridized carbons (Fsp3) is 0.625. The van der Waals surface area contributed by atoms with E-state index in [0.717, 1.165) is 17.5 Å². The molecule has 1 unspecified atom stereocenters. The third kappa shape index (κ3) is 2.22. The second-order valence-electron chi connectivity index (χ2n) is 2.66. The van der Waals surface area contributed by atoms with Gasteiger partial charge in [-0.05, 0) is 20.8 Å². The number of hydrogen-bond acceptors (Lipinski definition) is 4. The predicted octanol–water partition coefficient (Wildman–Crippen LogP) is 1.61. The summed E-state index contributed by atoms with van der Waals surface area (Å²) >= 11 is 1.44. The fourth-order valence-corrected chi connectivity index (χ4v) is 1.84. The number of hydrogen-bond donors (Lipinski definition) is 0. The molecular formula is C8H12N4S. The first-order valence-corrected chi connectivity index (χ1v) is 5.03. The molecule has 0 fully saturated rings. The quantitative estimate of drug-likeness (QED) is 0.689. The van der Waals surface area contributed by atoms with Crippen LogP contribution in [0.15, 0.2) is 5.16 Å². The van der Waals surface area contributed by atoms with E-state index >= 15 is 0 Å². The van der Waals surface area contributed by atoms with E-state index in [-0.39, 0.29) is 5.25 Å². The summed E-state index contributed by atoms with van der Waals surface area (Å²) in [5.41, 5.74) is 0. The van der Waals surface area contributed by atoms with Gasteiger partial charge in [-0.25, -0.2) is 0 Å². The Morgan fingerprint density at radius 2 is 2.31 bits per heavy atom. The molecule has 0 saturated carbocycles. The maximum absolute atomic E-state index is 8.64. The van der Waals surface area contributed by atoms with E-state index < -0.39 is 0 Å². The van der Waals surface area contributed by atoms with E-state index in [9.17, 15) is 0 Å². The Balaban J connectivity index is 2.83. The summed E-state index contributed by atoms with van der Waals surface area (Å²) < 4.78 is 2.00. The summed E-state index contributed by atoms with van der Waals surface area (Å²) in [6.45, 7) is 6.66. The van der Waals surface area contributed by atoms with Gasteiger partial charge in [0.05, 0.1) is 11.3 Å². The van der Waals surface area contributed by atoms with Crippen molar-refractivity contribution < 1.29 is 0 Å².